The normalized spacial score (nSPS) is 25.7. The molecule has 0 spiro atoms. The van der Waals surface area contributed by atoms with Crippen LogP contribution in [0, 0.1) is 11.7 Å². The lowest BCUT2D eigenvalue weighted by atomic mass is 9.64. The standard InChI is InChI=1S/C17H24FN3.HI/c1-12-10-15(12)21-16(19-2)20-11-17(8-3-9-17)13-4-6-14(18)7-5-13;/h4-7,12,15H,3,8-11H2,1-2H3,(H2,19,20,21);1H. The van der Waals surface area contributed by atoms with E-state index in [2.05, 4.69) is 22.5 Å². The van der Waals surface area contributed by atoms with E-state index in [0.717, 1.165) is 31.3 Å². The summed E-state index contributed by atoms with van der Waals surface area (Å²) < 4.78 is 13.1. The molecule has 2 aliphatic rings. The molecule has 5 heteroatoms. The Hall–Kier alpha value is -0.850. The van der Waals surface area contributed by atoms with Gasteiger partial charge in [0.2, 0.25) is 0 Å². The van der Waals surface area contributed by atoms with E-state index in [-0.39, 0.29) is 35.2 Å². The van der Waals surface area contributed by atoms with Gasteiger partial charge in [-0.1, -0.05) is 25.5 Å². The Morgan fingerprint density at radius 1 is 1.32 bits per heavy atom. The first kappa shape index (κ1) is 17.5. The number of halogens is 2. The summed E-state index contributed by atoms with van der Waals surface area (Å²) in [5.74, 6) is 1.47. The Balaban J connectivity index is 0.00000176. The minimum atomic E-state index is -0.165. The van der Waals surface area contributed by atoms with E-state index in [1.807, 2.05) is 19.2 Å². The molecule has 122 valence electrons. The summed E-state index contributed by atoms with van der Waals surface area (Å²) in [6.07, 6.45) is 4.78. The second kappa shape index (κ2) is 7.15. The highest BCUT2D eigenvalue weighted by Crippen LogP contribution is 2.43. The van der Waals surface area contributed by atoms with Gasteiger partial charge in [-0.15, -0.1) is 24.0 Å². The van der Waals surface area contributed by atoms with E-state index in [1.165, 1.54) is 18.4 Å². The Kier molecular flexibility index (Phi) is 5.69. The highest BCUT2D eigenvalue weighted by molar-refractivity contribution is 14.0. The molecular weight excluding hydrogens is 392 g/mol. The molecule has 0 aliphatic heterocycles. The first-order valence-corrected chi connectivity index (χ1v) is 7.86. The monoisotopic (exact) mass is 417 g/mol. The number of nitrogens with one attached hydrogen (secondary N) is 2. The van der Waals surface area contributed by atoms with E-state index in [4.69, 9.17) is 0 Å². The van der Waals surface area contributed by atoms with E-state index < -0.39 is 0 Å². The van der Waals surface area contributed by atoms with Crippen LogP contribution < -0.4 is 10.6 Å². The third-order valence-electron chi connectivity index (χ3n) is 5.02. The summed E-state index contributed by atoms with van der Waals surface area (Å²) in [6, 6.07) is 7.55. The lowest BCUT2D eigenvalue weighted by Gasteiger charge is -2.43. The molecule has 0 radical (unpaired) electrons. The molecule has 0 saturated heterocycles. The number of hydrogen-bond donors (Lipinski definition) is 2. The smallest absolute Gasteiger partial charge is 0.191 e. The van der Waals surface area contributed by atoms with Crippen molar-refractivity contribution in [1.29, 1.82) is 0 Å². The minimum absolute atomic E-state index is 0. The van der Waals surface area contributed by atoms with Gasteiger partial charge in [-0.2, -0.15) is 0 Å². The summed E-state index contributed by atoms with van der Waals surface area (Å²) in [5, 5.41) is 6.91. The molecule has 3 rings (SSSR count). The lowest BCUT2D eigenvalue weighted by molar-refractivity contribution is 0.243. The lowest BCUT2D eigenvalue weighted by Crippen LogP contribution is -2.49. The maximum absolute atomic E-state index is 13.1. The van der Waals surface area contributed by atoms with Crippen molar-refractivity contribution in [1.82, 2.24) is 10.6 Å². The summed E-state index contributed by atoms with van der Waals surface area (Å²) in [5.41, 5.74) is 1.37. The van der Waals surface area contributed by atoms with Crippen molar-refractivity contribution in [3.8, 4) is 0 Å². The first-order valence-electron chi connectivity index (χ1n) is 7.86. The van der Waals surface area contributed by atoms with Gasteiger partial charge in [0.1, 0.15) is 5.82 Å². The van der Waals surface area contributed by atoms with E-state index >= 15 is 0 Å². The molecular formula is C17H25FIN3. The summed E-state index contributed by atoms with van der Waals surface area (Å²) >= 11 is 0. The SMILES string of the molecule is CN=C(NCC1(c2ccc(F)cc2)CCC1)NC1CC1C.I. The van der Waals surface area contributed by atoms with Gasteiger partial charge in [0.15, 0.2) is 5.96 Å². The molecule has 22 heavy (non-hydrogen) atoms. The third kappa shape index (κ3) is 3.73. The van der Waals surface area contributed by atoms with Crippen LogP contribution in [-0.2, 0) is 5.41 Å². The second-order valence-corrected chi connectivity index (χ2v) is 6.53. The molecule has 2 unspecified atom stereocenters. The van der Waals surface area contributed by atoms with Crippen LogP contribution in [0.2, 0.25) is 0 Å². The zero-order valence-corrected chi connectivity index (χ0v) is 15.6. The quantitative estimate of drug-likeness (QED) is 0.448. The van der Waals surface area contributed by atoms with Crippen molar-refractivity contribution in [2.75, 3.05) is 13.6 Å². The van der Waals surface area contributed by atoms with Crippen molar-refractivity contribution >= 4 is 29.9 Å². The molecule has 2 N–H and O–H groups in total. The molecule has 3 nitrogen and oxygen atoms in total. The van der Waals surface area contributed by atoms with Crippen molar-refractivity contribution < 1.29 is 4.39 Å². The second-order valence-electron chi connectivity index (χ2n) is 6.53. The van der Waals surface area contributed by atoms with Gasteiger partial charge >= 0.3 is 0 Å². The van der Waals surface area contributed by atoms with Crippen molar-refractivity contribution in [2.24, 2.45) is 10.9 Å². The fourth-order valence-corrected chi connectivity index (χ4v) is 3.12. The predicted molar refractivity (Wildman–Crippen MR) is 99.4 cm³/mol. The van der Waals surface area contributed by atoms with E-state index in [9.17, 15) is 4.39 Å². The Morgan fingerprint density at radius 3 is 2.41 bits per heavy atom. The summed E-state index contributed by atoms with van der Waals surface area (Å²) in [4.78, 5) is 4.31. The zero-order chi connectivity index (χ0) is 14.9. The summed E-state index contributed by atoms with van der Waals surface area (Å²) in [6.45, 7) is 3.11. The van der Waals surface area contributed by atoms with Crippen LogP contribution in [0.5, 0.6) is 0 Å². The average Bonchev–Trinajstić information content (AvgIpc) is 3.13. The Labute approximate surface area is 149 Å². The zero-order valence-electron chi connectivity index (χ0n) is 13.2. The number of guanidine groups is 1. The molecule has 2 atom stereocenters. The van der Waals surface area contributed by atoms with Gasteiger partial charge < -0.3 is 10.6 Å². The first-order chi connectivity index (χ1) is 10.1. The van der Waals surface area contributed by atoms with Gasteiger partial charge in [-0.05, 0) is 42.9 Å². The average molecular weight is 417 g/mol. The molecule has 2 saturated carbocycles. The van der Waals surface area contributed by atoms with E-state index in [0.29, 0.717) is 6.04 Å². The van der Waals surface area contributed by atoms with Crippen molar-refractivity contribution in [3.05, 3.63) is 35.6 Å². The van der Waals surface area contributed by atoms with Crippen LogP contribution in [0.1, 0.15) is 38.2 Å². The fraction of sp³-hybridized carbons (Fsp3) is 0.588. The predicted octanol–water partition coefficient (Wildman–Crippen LogP) is 3.44. The largest absolute Gasteiger partial charge is 0.356 e. The van der Waals surface area contributed by atoms with Crippen LogP contribution in [0.4, 0.5) is 4.39 Å². The van der Waals surface area contributed by atoms with Gasteiger partial charge in [0.25, 0.3) is 0 Å². The van der Waals surface area contributed by atoms with Crippen LogP contribution in [-0.4, -0.2) is 25.6 Å². The Bertz CT molecular complexity index is 525. The number of hydrogen-bond acceptors (Lipinski definition) is 1. The van der Waals surface area contributed by atoms with Gasteiger partial charge in [0.05, 0.1) is 0 Å². The number of rotatable bonds is 4. The minimum Gasteiger partial charge on any atom is -0.356 e. The van der Waals surface area contributed by atoms with Crippen LogP contribution in [0.25, 0.3) is 0 Å². The Morgan fingerprint density at radius 2 is 1.95 bits per heavy atom. The fourth-order valence-electron chi connectivity index (χ4n) is 3.12. The summed E-state index contributed by atoms with van der Waals surface area (Å²) in [7, 11) is 1.81. The number of benzene rings is 1. The highest BCUT2D eigenvalue weighted by Gasteiger charge is 2.39. The van der Waals surface area contributed by atoms with Crippen molar-refractivity contribution in [2.45, 2.75) is 44.1 Å². The maximum atomic E-state index is 13.1. The molecule has 0 heterocycles. The van der Waals surface area contributed by atoms with Crippen LogP contribution >= 0.6 is 24.0 Å². The number of aliphatic imine (C=N–C) groups is 1. The van der Waals surface area contributed by atoms with Gasteiger partial charge in [0, 0.05) is 25.0 Å². The molecule has 1 aromatic carbocycles. The topological polar surface area (TPSA) is 36.4 Å². The van der Waals surface area contributed by atoms with Gasteiger partial charge in [-0.3, -0.25) is 4.99 Å². The maximum Gasteiger partial charge on any atom is 0.191 e. The number of nitrogens with zero attached hydrogens (tertiary/aromatic N) is 1. The van der Waals surface area contributed by atoms with Gasteiger partial charge in [-0.25, -0.2) is 4.39 Å². The van der Waals surface area contributed by atoms with Crippen molar-refractivity contribution in [3.63, 3.8) is 0 Å². The molecule has 1 aromatic rings. The molecule has 2 fully saturated rings. The molecule has 0 amide bonds. The van der Waals surface area contributed by atoms with E-state index in [1.54, 1.807) is 12.1 Å². The third-order valence-corrected chi connectivity index (χ3v) is 5.02. The van der Waals surface area contributed by atoms with Crippen LogP contribution in [0.15, 0.2) is 29.3 Å². The highest BCUT2D eigenvalue weighted by atomic mass is 127. The molecule has 0 aromatic heterocycles. The molecule has 0 bridgehead atoms. The van der Waals surface area contributed by atoms with Crippen LogP contribution in [0.3, 0.4) is 0 Å². The molecule has 2 aliphatic carbocycles.